The summed E-state index contributed by atoms with van der Waals surface area (Å²) in [6.07, 6.45) is 0. The molecule has 0 fully saturated rings. The normalized spacial score (nSPS) is 17.8. The van der Waals surface area contributed by atoms with Gasteiger partial charge in [0.05, 0.1) is 0 Å². The third-order valence-electron chi connectivity index (χ3n) is 4.70. The Morgan fingerprint density at radius 3 is 1.11 bits per heavy atom. The SMILES string of the molecule is CC(C)(C)[PH](C)(S)C[PH](S)(C(C)(C)C)C(C)(C)C. The van der Waals surface area contributed by atoms with Gasteiger partial charge in [-0.1, -0.05) is 0 Å². The van der Waals surface area contributed by atoms with E-state index in [1.807, 2.05) is 0 Å². The molecule has 114 valence electrons. The second-order valence-electron chi connectivity index (χ2n) is 9.06. The number of rotatable bonds is 2. The van der Waals surface area contributed by atoms with Gasteiger partial charge in [-0.2, -0.15) is 0 Å². The molecule has 0 aromatic rings. The summed E-state index contributed by atoms with van der Waals surface area (Å²) in [5.74, 6) is 1.27. The second-order valence-corrected chi connectivity index (χ2v) is 24.5. The first-order valence-corrected chi connectivity index (χ1v) is 14.4. The first-order valence-electron chi connectivity index (χ1n) is 6.90. The molecule has 0 aromatic heterocycles. The molecule has 0 saturated heterocycles. The summed E-state index contributed by atoms with van der Waals surface area (Å²) >= 11 is 10.5. The van der Waals surface area contributed by atoms with E-state index in [1.54, 1.807) is 0 Å². The summed E-state index contributed by atoms with van der Waals surface area (Å²) in [6, 6.07) is 0. The third-order valence-corrected chi connectivity index (χ3v) is 26.6. The zero-order chi connectivity index (χ0) is 15.2. The van der Waals surface area contributed by atoms with Crippen molar-refractivity contribution in [1.29, 1.82) is 0 Å². The molecule has 18 heavy (non-hydrogen) atoms. The Morgan fingerprint density at radius 1 is 0.667 bits per heavy atom. The summed E-state index contributed by atoms with van der Waals surface area (Å²) in [7, 11) is 0. The van der Waals surface area contributed by atoms with Crippen LogP contribution in [0.1, 0.15) is 62.3 Å². The first-order chi connectivity index (χ1) is 7.46. The molecule has 0 nitrogen and oxygen atoms in total. The van der Waals surface area contributed by atoms with Gasteiger partial charge in [-0.25, -0.2) is 0 Å². The van der Waals surface area contributed by atoms with Crippen LogP contribution in [0.4, 0.5) is 0 Å². The molecule has 0 heterocycles. The van der Waals surface area contributed by atoms with Gasteiger partial charge in [0, 0.05) is 0 Å². The van der Waals surface area contributed by atoms with Crippen molar-refractivity contribution in [2.24, 2.45) is 0 Å². The molecule has 0 saturated carbocycles. The van der Waals surface area contributed by atoms with E-state index in [2.05, 4.69) is 69.0 Å². The van der Waals surface area contributed by atoms with Gasteiger partial charge in [0.1, 0.15) is 0 Å². The zero-order valence-corrected chi connectivity index (χ0v) is 17.9. The van der Waals surface area contributed by atoms with E-state index >= 15 is 0 Å². The fraction of sp³-hybridized carbons (Fsp3) is 1.00. The van der Waals surface area contributed by atoms with Gasteiger partial charge in [-0.15, -0.1) is 0 Å². The summed E-state index contributed by atoms with van der Waals surface area (Å²) in [4.78, 5) is 0. The van der Waals surface area contributed by atoms with E-state index in [0.717, 1.165) is 0 Å². The Balaban J connectivity index is 5.58. The fourth-order valence-electron chi connectivity index (χ4n) is 2.42. The molecule has 0 aliphatic rings. The van der Waals surface area contributed by atoms with Crippen molar-refractivity contribution in [1.82, 2.24) is 0 Å². The minimum absolute atomic E-state index is 0.302. The van der Waals surface area contributed by atoms with Gasteiger partial charge >= 0.3 is 128 Å². The topological polar surface area (TPSA) is 0 Å². The monoisotopic (exact) mass is 330 g/mol. The number of thiol groups is 2. The summed E-state index contributed by atoms with van der Waals surface area (Å²) < 4.78 is 0. The molecule has 0 aromatic carbocycles. The molecular weight excluding hydrogens is 294 g/mol. The van der Waals surface area contributed by atoms with E-state index in [-0.39, 0.29) is 0 Å². The quantitative estimate of drug-likeness (QED) is 0.440. The predicted molar refractivity (Wildman–Crippen MR) is 105 cm³/mol. The van der Waals surface area contributed by atoms with Crippen LogP contribution in [0.5, 0.6) is 0 Å². The van der Waals surface area contributed by atoms with Crippen molar-refractivity contribution in [3.63, 3.8) is 0 Å². The van der Waals surface area contributed by atoms with Gasteiger partial charge in [-0.05, 0) is 0 Å². The molecule has 0 aliphatic heterocycles. The van der Waals surface area contributed by atoms with Crippen LogP contribution in [0.2, 0.25) is 0 Å². The molecule has 0 aliphatic carbocycles. The standard InChI is InChI=1S/C14H36P2S2/c1-12(2,3)15(10,17)11-16(18,13(4,5)6)14(7,8)9/h15-18H,11H2,1-10H3. The Bertz CT molecular complexity index is 276. The van der Waals surface area contributed by atoms with Crippen molar-refractivity contribution in [3.8, 4) is 0 Å². The molecule has 0 radical (unpaired) electrons. The van der Waals surface area contributed by atoms with Crippen molar-refractivity contribution in [2.75, 3.05) is 12.6 Å². The van der Waals surface area contributed by atoms with Crippen LogP contribution in [0.15, 0.2) is 0 Å². The molecule has 4 heteroatoms. The van der Waals surface area contributed by atoms with E-state index in [1.165, 1.54) is 5.90 Å². The van der Waals surface area contributed by atoms with E-state index in [0.29, 0.717) is 15.5 Å². The maximum absolute atomic E-state index is 5.33. The molecule has 0 rings (SSSR count). The van der Waals surface area contributed by atoms with Crippen LogP contribution in [0.3, 0.4) is 0 Å². The zero-order valence-electron chi connectivity index (χ0n) is 14.1. The Morgan fingerprint density at radius 2 is 0.944 bits per heavy atom. The maximum atomic E-state index is 5.33. The van der Waals surface area contributed by atoms with Gasteiger partial charge in [-0.3, -0.25) is 0 Å². The van der Waals surface area contributed by atoms with Crippen LogP contribution < -0.4 is 0 Å². The first kappa shape index (κ1) is 19.6. The van der Waals surface area contributed by atoms with Crippen LogP contribution in [0.25, 0.3) is 0 Å². The summed E-state index contributed by atoms with van der Waals surface area (Å²) in [6.45, 7) is 20.4. The van der Waals surface area contributed by atoms with Crippen molar-refractivity contribution < 1.29 is 0 Å². The molecule has 0 atom stereocenters. The molecule has 0 bridgehead atoms. The van der Waals surface area contributed by atoms with Gasteiger partial charge in [0.15, 0.2) is 0 Å². The molecular formula is C14H36P2S2. The van der Waals surface area contributed by atoms with Crippen molar-refractivity contribution in [3.05, 3.63) is 0 Å². The van der Waals surface area contributed by atoms with Crippen LogP contribution in [-0.4, -0.2) is 28.0 Å². The van der Waals surface area contributed by atoms with Gasteiger partial charge in [0.25, 0.3) is 0 Å². The number of hydrogen-bond acceptors (Lipinski definition) is 2. The minimum atomic E-state index is -1.72. The predicted octanol–water partition coefficient (Wildman–Crippen LogP) is 6.16. The van der Waals surface area contributed by atoms with E-state index < -0.39 is 12.9 Å². The Labute approximate surface area is 127 Å². The van der Waals surface area contributed by atoms with Crippen LogP contribution in [0, 0.1) is 0 Å². The Hall–Kier alpha value is 1.56. The molecule has 0 N–H and O–H groups in total. The van der Waals surface area contributed by atoms with Gasteiger partial charge < -0.3 is 0 Å². The Kier molecular flexibility index (Phi) is 5.87. The molecule has 0 unspecified atom stereocenters. The summed E-state index contributed by atoms with van der Waals surface area (Å²) in [5, 5.41) is 0.931. The average molecular weight is 331 g/mol. The average Bonchev–Trinajstić information content (AvgIpc) is 1.95. The molecule has 0 spiro atoms. The molecule has 0 amide bonds. The van der Waals surface area contributed by atoms with Crippen LogP contribution in [-0.2, 0) is 0 Å². The fourth-order valence-corrected chi connectivity index (χ4v) is 21.1. The van der Waals surface area contributed by atoms with E-state index in [9.17, 15) is 0 Å². The van der Waals surface area contributed by atoms with E-state index in [4.69, 9.17) is 24.5 Å². The van der Waals surface area contributed by atoms with Crippen molar-refractivity contribution in [2.45, 2.75) is 77.8 Å². The van der Waals surface area contributed by atoms with Gasteiger partial charge in [0.2, 0.25) is 0 Å². The second kappa shape index (κ2) is 5.40. The van der Waals surface area contributed by atoms with Crippen LogP contribution >= 0.6 is 37.4 Å². The number of hydrogen-bond donors (Lipinski definition) is 2. The van der Waals surface area contributed by atoms with Crippen molar-refractivity contribution >= 4 is 37.4 Å². The third kappa shape index (κ3) is 4.03. The summed E-state index contributed by atoms with van der Waals surface area (Å²) in [5.41, 5.74) is 0.